The lowest BCUT2D eigenvalue weighted by Gasteiger charge is -1.99. The minimum Gasteiger partial charge on any atom is -0.508 e. The molecule has 0 bridgehead atoms. The molecule has 0 aliphatic rings. The number of phenolic OH excluding ortho intramolecular Hbond substituents is 3. The second-order valence-corrected chi connectivity index (χ2v) is 3.85. The molecule has 0 aliphatic heterocycles. The van der Waals surface area contributed by atoms with E-state index in [1.54, 1.807) is 24.3 Å². The van der Waals surface area contributed by atoms with Crippen LogP contribution in [0.5, 0.6) is 17.2 Å². The van der Waals surface area contributed by atoms with Crippen molar-refractivity contribution in [3.05, 3.63) is 52.5 Å². The topological polar surface area (TPSA) is 60.7 Å². The molecule has 90 valence electrons. The summed E-state index contributed by atoms with van der Waals surface area (Å²) < 4.78 is 0. The fraction of sp³-hybridized carbons (Fsp3) is 0. The molecule has 0 spiro atoms. The molecule has 0 amide bonds. The van der Waals surface area contributed by atoms with E-state index < -0.39 is 0 Å². The van der Waals surface area contributed by atoms with Crippen LogP contribution in [0, 0.1) is 0 Å². The number of para-hydroxylation sites is 1. The highest BCUT2D eigenvalue weighted by Crippen LogP contribution is 2.37. The summed E-state index contributed by atoms with van der Waals surface area (Å²) in [6, 6.07) is 11.4. The normalized spacial score (nSPS) is 9.29. The fourth-order valence-corrected chi connectivity index (χ4v) is 1.33. The van der Waals surface area contributed by atoms with Crippen LogP contribution in [0.1, 0.15) is 0 Å². The van der Waals surface area contributed by atoms with Crippen LogP contribution < -0.4 is 0 Å². The van der Waals surface area contributed by atoms with Gasteiger partial charge >= 0.3 is 0 Å². The van der Waals surface area contributed by atoms with E-state index in [2.05, 4.69) is 0 Å². The summed E-state index contributed by atoms with van der Waals surface area (Å²) in [5.41, 5.74) is 0. The van der Waals surface area contributed by atoms with E-state index >= 15 is 0 Å². The first-order valence-electron chi connectivity index (χ1n) is 4.62. The minimum absolute atomic E-state index is 0.118. The molecule has 2 aromatic carbocycles. The summed E-state index contributed by atoms with van der Waals surface area (Å²) in [6.07, 6.45) is 0. The molecule has 3 nitrogen and oxygen atoms in total. The van der Waals surface area contributed by atoms with Crippen molar-refractivity contribution in [1.29, 1.82) is 0 Å². The van der Waals surface area contributed by atoms with Gasteiger partial charge in [-0.3, -0.25) is 0 Å². The van der Waals surface area contributed by atoms with Crippen molar-refractivity contribution in [3.63, 3.8) is 0 Å². The number of hydrogen-bond acceptors (Lipinski definition) is 3. The molecule has 0 fully saturated rings. The van der Waals surface area contributed by atoms with Gasteiger partial charge in [-0.15, -0.1) is 0 Å². The van der Waals surface area contributed by atoms with E-state index in [1.165, 1.54) is 12.1 Å². The zero-order valence-corrected chi connectivity index (χ0v) is 10.2. The number of hydrogen-bond donors (Lipinski definition) is 3. The maximum atomic E-state index is 8.96. The van der Waals surface area contributed by atoms with Crippen molar-refractivity contribution >= 4 is 23.2 Å². The second-order valence-electron chi connectivity index (χ2n) is 3.06. The Hall–Kier alpha value is -1.58. The highest BCUT2D eigenvalue weighted by atomic mass is 35.5. The number of aromatic hydroxyl groups is 3. The lowest BCUT2D eigenvalue weighted by atomic mass is 10.3. The predicted molar refractivity (Wildman–Crippen MR) is 67.9 cm³/mol. The van der Waals surface area contributed by atoms with Gasteiger partial charge in [-0.25, -0.2) is 0 Å². The Morgan fingerprint density at radius 2 is 1.35 bits per heavy atom. The molecule has 0 unspecified atom stereocenters. The van der Waals surface area contributed by atoms with E-state index in [0.29, 0.717) is 5.75 Å². The standard InChI is InChI=1S/C6H4Cl2O2.C6H6O/c7-3-1-2-4(9)5(8)6(3)10;7-6-4-2-1-3-5-6/h1-2,9-10H;1-5,7H. The van der Waals surface area contributed by atoms with Crippen LogP contribution in [0.3, 0.4) is 0 Å². The maximum absolute atomic E-state index is 8.96. The first-order valence-corrected chi connectivity index (χ1v) is 5.38. The van der Waals surface area contributed by atoms with Gasteiger partial charge in [0.2, 0.25) is 0 Å². The van der Waals surface area contributed by atoms with E-state index in [0.717, 1.165) is 0 Å². The Kier molecular flexibility index (Phi) is 4.94. The van der Waals surface area contributed by atoms with Crippen LogP contribution in [0.25, 0.3) is 0 Å². The summed E-state index contributed by atoms with van der Waals surface area (Å²) in [6.45, 7) is 0. The third kappa shape index (κ3) is 4.06. The Morgan fingerprint density at radius 3 is 1.76 bits per heavy atom. The largest absolute Gasteiger partial charge is 0.508 e. The highest BCUT2D eigenvalue weighted by Gasteiger charge is 2.06. The smallest absolute Gasteiger partial charge is 0.156 e. The molecule has 2 rings (SSSR count). The van der Waals surface area contributed by atoms with Crippen LogP contribution in [-0.4, -0.2) is 15.3 Å². The van der Waals surface area contributed by atoms with Gasteiger partial charge < -0.3 is 15.3 Å². The maximum Gasteiger partial charge on any atom is 0.156 e. The summed E-state index contributed by atoms with van der Waals surface area (Å²) in [7, 11) is 0. The molecule has 0 heterocycles. The summed E-state index contributed by atoms with van der Waals surface area (Å²) >= 11 is 10.8. The highest BCUT2D eigenvalue weighted by molar-refractivity contribution is 6.37. The molecule has 2 aromatic rings. The van der Waals surface area contributed by atoms with E-state index in [-0.39, 0.29) is 21.5 Å². The SMILES string of the molecule is Oc1ccc(Cl)c(O)c1Cl.Oc1ccccc1. The number of phenols is 3. The molecule has 17 heavy (non-hydrogen) atoms. The first-order chi connectivity index (χ1) is 8.02. The molecular weight excluding hydrogens is 263 g/mol. The lowest BCUT2D eigenvalue weighted by molar-refractivity contribution is 0.451. The number of rotatable bonds is 0. The number of halogens is 2. The van der Waals surface area contributed by atoms with Crippen molar-refractivity contribution in [2.24, 2.45) is 0 Å². The van der Waals surface area contributed by atoms with Crippen LogP contribution >= 0.6 is 23.2 Å². The molecule has 0 aliphatic carbocycles. The van der Waals surface area contributed by atoms with E-state index in [9.17, 15) is 0 Å². The zero-order valence-electron chi connectivity index (χ0n) is 8.64. The average Bonchev–Trinajstić information content (AvgIpc) is 2.33. The summed E-state index contributed by atoms with van der Waals surface area (Å²) in [5.74, 6) is -0.144. The van der Waals surface area contributed by atoms with Gasteiger partial charge in [0.15, 0.2) is 5.75 Å². The Balaban J connectivity index is 0.000000181. The zero-order chi connectivity index (χ0) is 12.8. The molecule has 0 saturated heterocycles. The van der Waals surface area contributed by atoms with E-state index in [1.807, 2.05) is 6.07 Å². The number of benzene rings is 2. The van der Waals surface area contributed by atoms with Gasteiger partial charge in [-0.1, -0.05) is 41.4 Å². The predicted octanol–water partition coefficient (Wildman–Crippen LogP) is 3.80. The van der Waals surface area contributed by atoms with Gasteiger partial charge in [0, 0.05) is 0 Å². The minimum atomic E-state index is -0.289. The summed E-state index contributed by atoms with van der Waals surface area (Å²) in [5, 5.41) is 26.5. The van der Waals surface area contributed by atoms with Crippen molar-refractivity contribution in [3.8, 4) is 17.2 Å². The third-order valence-electron chi connectivity index (χ3n) is 1.80. The van der Waals surface area contributed by atoms with Gasteiger partial charge in [0.25, 0.3) is 0 Å². The molecule has 0 atom stereocenters. The van der Waals surface area contributed by atoms with Gasteiger partial charge in [0.05, 0.1) is 5.02 Å². The fourth-order valence-electron chi connectivity index (χ4n) is 0.958. The molecule has 5 heteroatoms. The molecule has 0 radical (unpaired) electrons. The molecule has 0 aromatic heterocycles. The van der Waals surface area contributed by atoms with Gasteiger partial charge in [-0.05, 0) is 24.3 Å². The van der Waals surface area contributed by atoms with Crippen molar-refractivity contribution in [2.45, 2.75) is 0 Å². The van der Waals surface area contributed by atoms with Gasteiger partial charge in [-0.2, -0.15) is 0 Å². The van der Waals surface area contributed by atoms with E-state index in [4.69, 9.17) is 38.5 Å². The molecule has 3 N–H and O–H groups in total. The van der Waals surface area contributed by atoms with Crippen molar-refractivity contribution in [2.75, 3.05) is 0 Å². The Labute approximate surface area is 108 Å². The lowest BCUT2D eigenvalue weighted by Crippen LogP contribution is -1.71. The van der Waals surface area contributed by atoms with Crippen molar-refractivity contribution in [1.82, 2.24) is 0 Å². The van der Waals surface area contributed by atoms with Crippen LogP contribution in [0.4, 0.5) is 0 Å². The quantitative estimate of drug-likeness (QED) is 0.684. The van der Waals surface area contributed by atoms with Gasteiger partial charge in [0.1, 0.15) is 16.5 Å². The second kappa shape index (κ2) is 6.23. The first kappa shape index (κ1) is 13.5. The van der Waals surface area contributed by atoms with Crippen LogP contribution in [-0.2, 0) is 0 Å². The third-order valence-corrected chi connectivity index (χ3v) is 2.48. The Morgan fingerprint density at radius 1 is 0.765 bits per heavy atom. The molecular formula is C12H10Cl2O3. The van der Waals surface area contributed by atoms with Crippen LogP contribution in [0.2, 0.25) is 10.0 Å². The monoisotopic (exact) mass is 272 g/mol. The van der Waals surface area contributed by atoms with Crippen molar-refractivity contribution < 1.29 is 15.3 Å². The van der Waals surface area contributed by atoms with Crippen LogP contribution in [0.15, 0.2) is 42.5 Å². The average molecular weight is 273 g/mol. The summed E-state index contributed by atoms with van der Waals surface area (Å²) in [4.78, 5) is 0. The Bertz CT molecular complexity index is 460. The molecule has 0 saturated carbocycles.